The second kappa shape index (κ2) is 17.1. The quantitative estimate of drug-likeness (QED) is 0.146. The van der Waals surface area contributed by atoms with Crippen LogP contribution in [0.3, 0.4) is 0 Å². The molecule has 0 spiro atoms. The number of amides is 2. The summed E-state index contributed by atoms with van der Waals surface area (Å²) in [4.78, 5) is 51.4. The average molecular weight is 760 g/mol. The van der Waals surface area contributed by atoms with E-state index in [1.165, 1.54) is 0 Å². The van der Waals surface area contributed by atoms with Gasteiger partial charge in [0.2, 0.25) is 11.8 Å². The minimum atomic E-state index is -1.37. The Bertz CT molecular complexity index is 1710. The molecule has 2 aromatic carbocycles. The number of hydrogen-bond acceptors (Lipinski definition) is 10. The fraction of sp³-hybridized carbons (Fsp3) is 0.605. The topological polar surface area (TPSA) is 147 Å². The zero-order valence-electron chi connectivity index (χ0n) is 32.2. The third-order valence-corrected chi connectivity index (χ3v) is 12.1. The van der Waals surface area contributed by atoms with E-state index in [0.29, 0.717) is 38.6 Å². The molecule has 5 fully saturated rings. The Kier molecular flexibility index (Phi) is 12.3. The van der Waals surface area contributed by atoms with Gasteiger partial charge in [-0.15, -0.1) is 0 Å². The van der Waals surface area contributed by atoms with Crippen molar-refractivity contribution < 1.29 is 43.6 Å². The molecule has 4 heterocycles. The van der Waals surface area contributed by atoms with Crippen molar-refractivity contribution in [3.8, 4) is 5.75 Å². The first-order chi connectivity index (χ1) is 26.7. The number of fused-ring (bicyclic) bond motifs is 4. The highest BCUT2D eigenvalue weighted by Crippen LogP contribution is 2.59. The normalized spacial score (nSPS) is 29.4. The molecule has 2 amide bonds. The summed E-state index contributed by atoms with van der Waals surface area (Å²) in [7, 11) is 0. The van der Waals surface area contributed by atoms with Crippen molar-refractivity contribution in [2.24, 2.45) is 5.41 Å². The number of para-hydroxylation sites is 1. The van der Waals surface area contributed by atoms with Gasteiger partial charge < -0.3 is 34.6 Å². The molecule has 2 bridgehead atoms. The molecular formula is C43H57N3O9. The molecular weight excluding hydrogens is 702 g/mol. The number of hydroxylamine groups is 2. The zero-order chi connectivity index (χ0) is 38.6. The fourth-order valence-electron chi connectivity index (χ4n) is 9.50. The smallest absolute Gasteiger partial charge is 0.327 e. The molecule has 2 aromatic rings. The molecule has 0 aromatic heterocycles. The Hall–Kier alpha value is -3.81. The Labute approximate surface area is 324 Å². The maximum absolute atomic E-state index is 15.3. The predicted octanol–water partition coefficient (Wildman–Crippen LogP) is 5.19. The third-order valence-electron chi connectivity index (χ3n) is 12.1. The van der Waals surface area contributed by atoms with Gasteiger partial charge in [-0.2, -0.15) is 5.06 Å². The summed E-state index contributed by atoms with van der Waals surface area (Å²) >= 11 is 0. The third kappa shape index (κ3) is 7.81. The highest BCUT2D eigenvalue weighted by Gasteiger charge is 2.77. The van der Waals surface area contributed by atoms with Crippen molar-refractivity contribution in [3.05, 3.63) is 71.3 Å². The van der Waals surface area contributed by atoms with E-state index in [9.17, 15) is 19.8 Å². The van der Waals surface area contributed by atoms with Crippen LogP contribution in [0.2, 0.25) is 0 Å². The molecule has 3 N–H and O–H groups in total. The van der Waals surface area contributed by atoms with Gasteiger partial charge in [-0.1, -0.05) is 94.1 Å². The van der Waals surface area contributed by atoms with E-state index in [0.717, 1.165) is 55.2 Å². The molecule has 7 atom stereocenters. The number of benzene rings is 2. The largest absolute Gasteiger partial charge is 0.508 e. The number of rotatable bonds is 17. The molecule has 5 aliphatic rings. The first-order valence-electron chi connectivity index (χ1n) is 20.4. The van der Waals surface area contributed by atoms with Crippen LogP contribution in [0, 0.1) is 5.41 Å². The van der Waals surface area contributed by atoms with E-state index < -0.39 is 53.7 Å². The standard InChI is InChI=1S/C43H57N3O9/c1-3-5-9-21-42(22-10-6-4-2)53-35-34-27-43(41(51)45-24-13-19-32(45)39(49)44-23-25-47)37(40(50)52-34)46(55-38(43)36(35)54-42)28-30-16-11-14-29(26-30)15-12-18-31-17-7-8-20-33(31)48/h7-8,11-12,14-17,20,26,32,34-38,47-48H,3-6,9-10,13,18-19,21-25,27-28H2,1-2H3,(H,44,49)/t32-,34?,35+,36+,37+,38-,43?/m1/s1. The number of phenols is 1. The minimum absolute atomic E-state index is 0.0924. The first-order valence-corrected chi connectivity index (χ1v) is 20.4. The Morgan fingerprint density at radius 1 is 1.00 bits per heavy atom. The highest BCUT2D eigenvalue weighted by atomic mass is 16.8. The number of ether oxygens (including phenoxy) is 3. The van der Waals surface area contributed by atoms with Gasteiger partial charge in [0.25, 0.3) is 0 Å². The van der Waals surface area contributed by atoms with Gasteiger partial charge in [0.05, 0.1) is 13.2 Å². The molecule has 7 rings (SSSR count). The number of aliphatic hydroxyl groups is 1. The van der Waals surface area contributed by atoms with E-state index in [2.05, 4.69) is 19.2 Å². The zero-order valence-corrected chi connectivity index (χ0v) is 32.2. The lowest BCUT2D eigenvalue weighted by molar-refractivity contribution is -0.225. The van der Waals surface area contributed by atoms with Gasteiger partial charge in [-0.25, -0.2) is 0 Å². The van der Waals surface area contributed by atoms with Crippen LogP contribution >= 0.6 is 0 Å². The lowest BCUT2D eigenvalue weighted by atomic mass is 9.62. The average Bonchev–Trinajstić information content (AvgIpc) is 3.91. The van der Waals surface area contributed by atoms with Crippen molar-refractivity contribution >= 4 is 23.9 Å². The van der Waals surface area contributed by atoms with Crippen molar-refractivity contribution in [2.75, 3.05) is 19.7 Å². The van der Waals surface area contributed by atoms with E-state index in [-0.39, 0.29) is 43.7 Å². The van der Waals surface area contributed by atoms with Crippen LogP contribution < -0.4 is 5.32 Å². The van der Waals surface area contributed by atoms with Crippen LogP contribution in [0.25, 0.3) is 6.08 Å². The van der Waals surface area contributed by atoms with E-state index in [4.69, 9.17) is 19.0 Å². The second-order valence-corrected chi connectivity index (χ2v) is 15.9. The number of nitrogens with zero attached hydrogens (tertiary/aromatic N) is 2. The summed E-state index contributed by atoms with van der Waals surface area (Å²) in [5.41, 5.74) is 1.26. The number of hydrogen-bond donors (Lipinski definition) is 3. The summed E-state index contributed by atoms with van der Waals surface area (Å²) in [5, 5.41) is 23.9. The molecule has 55 heavy (non-hydrogen) atoms. The Balaban J connectivity index is 1.21. The molecule has 4 saturated heterocycles. The van der Waals surface area contributed by atoms with E-state index >= 15 is 4.79 Å². The number of aliphatic hydroxyl groups excluding tert-OH is 1. The molecule has 1 saturated carbocycles. The van der Waals surface area contributed by atoms with Crippen LogP contribution in [0.5, 0.6) is 5.75 Å². The summed E-state index contributed by atoms with van der Waals surface area (Å²) in [6.45, 7) is 4.79. The van der Waals surface area contributed by atoms with E-state index in [1.807, 2.05) is 48.6 Å². The maximum Gasteiger partial charge on any atom is 0.327 e. The first kappa shape index (κ1) is 39.4. The molecule has 4 aliphatic heterocycles. The Morgan fingerprint density at radius 3 is 2.51 bits per heavy atom. The lowest BCUT2D eigenvalue weighted by Crippen LogP contribution is -2.70. The number of likely N-dealkylation sites (tertiary alicyclic amines) is 1. The number of nitrogens with one attached hydrogen (secondary N) is 1. The van der Waals surface area contributed by atoms with Crippen molar-refractivity contribution in [1.82, 2.24) is 15.3 Å². The van der Waals surface area contributed by atoms with Crippen molar-refractivity contribution in [1.29, 1.82) is 0 Å². The van der Waals surface area contributed by atoms with Crippen LogP contribution in [0.15, 0.2) is 54.6 Å². The van der Waals surface area contributed by atoms with Gasteiger partial charge in [0.1, 0.15) is 41.6 Å². The van der Waals surface area contributed by atoms with Crippen LogP contribution in [0.4, 0.5) is 0 Å². The second-order valence-electron chi connectivity index (χ2n) is 15.9. The number of carbonyl (C=O) groups is 3. The molecule has 298 valence electrons. The van der Waals surface area contributed by atoms with Gasteiger partial charge in [-0.3, -0.25) is 19.2 Å². The van der Waals surface area contributed by atoms with Crippen LogP contribution in [0.1, 0.15) is 101 Å². The molecule has 0 radical (unpaired) electrons. The predicted molar refractivity (Wildman–Crippen MR) is 204 cm³/mol. The number of aromatic hydroxyl groups is 1. The molecule has 1 aliphatic carbocycles. The van der Waals surface area contributed by atoms with Gasteiger partial charge in [0, 0.05) is 32.4 Å². The van der Waals surface area contributed by atoms with Gasteiger partial charge in [0.15, 0.2) is 11.8 Å². The monoisotopic (exact) mass is 759 g/mol. The van der Waals surface area contributed by atoms with E-state index in [1.54, 1.807) is 22.1 Å². The fourth-order valence-corrected chi connectivity index (χ4v) is 9.50. The summed E-state index contributed by atoms with van der Waals surface area (Å²) in [6, 6.07) is 13.4. The minimum Gasteiger partial charge on any atom is -0.508 e. The van der Waals surface area contributed by atoms with Crippen molar-refractivity contribution in [3.63, 3.8) is 0 Å². The summed E-state index contributed by atoms with van der Waals surface area (Å²) in [6.07, 6.45) is 10.5. The Morgan fingerprint density at radius 2 is 1.76 bits per heavy atom. The summed E-state index contributed by atoms with van der Waals surface area (Å²) in [5.74, 6) is -1.78. The van der Waals surface area contributed by atoms with Crippen LogP contribution in [-0.4, -0.2) is 99.9 Å². The van der Waals surface area contributed by atoms with Crippen LogP contribution in [-0.2, 0) is 46.4 Å². The number of esters is 1. The molecule has 12 nitrogen and oxygen atoms in total. The SMILES string of the molecule is CCCCCC1(CCCCC)O[C@@H]2[C@H]3ON(Cc4cccc(C=CCc5ccccc5O)c4)[C@H]4C(=O)OC(CC34C(=O)N3CCC[C@@H]3C(=O)NCCO)[C@@H]2O1. The lowest BCUT2D eigenvalue weighted by Gasteiger charge is -2.50. The maximum atomic E-state index is 15.3. The number of unbranched alkanes of at least 4 members (excludes halogenated alkanes) is 4. The van der Waals surface area contributed by atoms with Crippen molar-refractivity contribution in [2.45, 2.75) is 140 Å². The highest BCUT2D eigenvalue weighted by molar-refractivity contribution is 5.96. The number of carbonyl (C=O) groups excluding carboxylic acids is 3. The summed E-state index contributed by atoms with van der Waals surface area (Å²) < 4.78 is 20.2. The van der Waals surface area contributed by atoms with Gasteiger partial charge >= 0.3 is 5.97 Å². The number of allylic oxidation sites excluding steroid dienone is 1. The number of phenolic OH excluding ortho intramolecular Hbond substituents is 1. The molecule has 12 heteroatoms. The molecule has 2 unspecified atom stereocenters. The van der Waals surface area contributed by atoms with Gasteiger partial charge in [-0.05, 0) is 54.9 Å².